The highest BCUT2D eigenvalue weighted by Gasteiger charge is 2.34. The van der Waals surface area contributed by atoms with Gasteiger partial charge in [-0.15, -0.1) is 22.7 Å². The lowest BCUT2D eigenvalue weighted by Gasteiger charge is -2.21. The first kappa shape index (κ1) is 20.3. The summed E-state index contributed by atoms with van der Waals surface area (Å²) in [5.74, 6) is 1.11. The first-order valence-electron chi connectivity index (χ1n) is 10.1. The lowest BCUT2D eigenvalue weighted by Crippen LogP contribution is -2.34. The Morgan fingerprint density at radius 1 is 1.16 bits per heavy atom. The van der Waals surface area contributed by atoms with Crippen molar-refractivity contribution in [1.82, 2.24) is 19.9 Å². The second kappa shape index (κ2) is 8.46. The molecule has 160 valence electrons. The molecule has 4 aromatic heterocycles. The highest BCUT2D eigenvalue weighted by atomic mass is 32.1. The van der Waals surface area contributed by atoms with Crippen LogP contribution < -0.4 is 10.6 Å². The number of aliphatic hydroxyl groups is 2. The van der Waals surface area contributed by atoms with Crippen LogP contribution in [-0.2, 0) is 6.54 Å². The van der Waals surface area contributed by atoms with Crippen LogP contribution in [0.5, 0.6) is 0 Å². The monoisotopic (exact) mass is 454 g/mol. The average Bonchev–Trinajstić information content (AvgIpc) is 3.49. The van der Waals surface area contributed by atoms with Gasteiger partial charge in [0.15, 0.2) is 0 Å². The van der Waals surface area contributed by atoms with E-state index < -0.39 is 12.2 Å². The lowest BCUT2D eigenvalue weighted by molar-refractivity contribution is 0.0391. The van der Waals surface area contributed by atoms with Gasteiger partial charge >= 0.3 is 0 Å². The fourth-order valence-electron chi connectivity index (χ4n) is 3.77. The minimum absolute atomic E-state index is 0.288. The van der Waals surface area contributed by atoms with Gasteiger partial charge in [-0.2, -0.15) is 4.98 Å². The third-order valence-electron chi connectivity index (χ3n) is 5.40. The van der Waals surface area contributed by atoms with Gasteiger partial charge in [0.05, 0.1) is 46.9 Å². The highest BCUT2D eigenvalue weighted by molar-refractivity contribution is 7.21. The third kappa shape index (κ3) is 4.11. The maximum atomic E-state index is 10.4. The Morgan fingerprint density at radius 2 is 2.06 bits per heavy atom. The predicted molar refractivity (Wildman–Crippen MR) is 123 cm³/mol. The van der Waals surface area contributed by atoms with Crippen molar-refractivity contribution in [3.8, 4) is 10.6 Å². The molecule has 0 aliphatic heterocycles. The molecule has 0 saturated heterocycles. The lowest BCUT2D eigenvalue weighted by atomic mass is 10.1. The van der Waals surface area contributed by atoms with Gasteiger partial charge in [0, 0.05) is 11.1 Å². The van der Waals surface area contributed by atoms with E-state index >= 15 is 0 Å². The Hall–Kier alpha value is -2.66. The molecule has 0 unspecified atom stereocenters. The summed E-state index contributed by atoms with van der Waals surface area (Å²) in [5, 5.41) is 29.8. The van der Waals surface area contributed by atoms with Gasteiger partial charge < -0.3 is 20.8 Å². The Labute approximate surface area is 187 Å². The number of fused-ring (bicyclic) bond motifs is 1. The maximum Gasteiger partial charge on any atom is 0.225 e. The largest absolute Gasteiger partial charge is 0.390 e. The molecule has 1 aliphatic carbocycles. The van der Waals surface area contributed by atoms with Gasteiger partial charge in [0.25, 0.3) is 0 Å². The smallest absolute Gasteiger partial charge is 0.225 e. The minimum atomic E-state index is -0.842. The van der Waals surface area contributed by atoms with E-state index in [1.165, 1.54) is 4.88 Å². The molecule has 8 nitrogen and oxygen atoms in total. The zero-order valence-electron chi connectivity index (χ0n) is 16.8. The summed E-state index contributed by atoms with van der Waals surface area (Å²) < 4.78 is 1.03. The number of rotatable bonds is 6. The van der Waals surface area contributed by atoms with E-state index in [2.05, 4.69) is 26.7 Å². The molecule has 0 amide bonds. The van der Waals surface area contributed by atoms with Gasteiger partial charge in [0.1, 0.15) is 16.3 Å². The van der Waals surface area contributed by atoms with Crippen LogP contribution in [-0.4, -0.2) is 48.4 Å². The molecule has 0 radical (unpaired) electrons. The quantitative estimate of drug-likeness (QED) is 0.350. The Kier molecular flexibility index (Phi) is 5.53. The fraction of sp³-hybridized carbons (Fsp3) is 0.333. The van der Waals surface area contributed by atoms with Crippen LogP contribution in [0, 0.1) is 6.92 Å². The van der Waals surface area contributed by atoms with Crippen molar-refractivity contribution in [2.24, 2.45) is 0 Å². The number of aromatic nitrogens is 4. The summed E-state index contributed by atoms with van der Waals surface area (Å²) in [6, 6.07) is 5.72. The zero-order chi connectivity index (χ0) is 21.4. The first-order valence-corrected chi connectivity index (χ1v) is 11.8. The standard InChI is InChI=1S/C21H22N6O2S2/c1-11-17(20-26-14-10-22-7-6-16(14)31-20)19(25-13-4-5-15(28)18(13)29)27-21(24-11)23-9-12-3-2-8-30-12/h2-3,6-8,10,13,15,18,28-29H,4-5,9H2,1H3,(H2,23,24,25,27)/t13-,15-,18+/m1/s1. The summed E-state index contributed by atoms with van der Waals surface area (Å²) in [4.78, 5) is 19.5. The third-order valence-corrected chi connectivity index (χ3v) is 7.33. The van der Waals surface area contributed by atoms with E-state index in [-0.39, 0.29) is 6.04 Å². The van der Waals surface area contributed by atoms with Crippen molar-refractivity contribution >= 4 is 44.7 Å². The summed E-state index contributed by atoms with van der Waals surface area (Å²) in [6.07, 6.45) is 3.13. The van der Waals surface area contributed by atoms with Crippen LogP contribution in [0.3, 0.4) is 0 Å². The number of aliphatic hydroxyl groups excluding tert-OH is 2. The molecule has 4 heterocycles. The molecule has 1 aliphatic rings. The molecular formula is C21H22N6O2S2. The summed E-state index contributed by atoms with van der Waals surface area (Å²) in [6.45, 7) is 2.57. The summed E-state index contributed by atoms with van der Waals surface area (Å²) >= 11 is 3.22. The van der Waals surface area contributed by atoms with Gasteiger partial charge in [-0.1, -0.05) is 6.07 Å². The van der Waals surface area contributed by atoms with Crippen LogP contribution in [0.2, 0.25) is 0 Å². The fourth-order valence-corrected chi connectivity index (χ4v) is 5.45. The number of hydrogen-bond donors (Lipinski definition) is 4. The van der Waals surface area contributed by atoms with Gasteiger partial charge in [-0.25, -0.2) is 9.97 Å². The summed E-state index contributed by atoms with van der Waals surface area (Å²) in [5.41, 5.74) is 2.41. The highest BCUT2D eigenvalue weighted by Crippen LogP contribution is 2.37. The van der Waals surface area contributed by atoms with Gasteiger partial charge in [0.2, 0.25) is 5.95 Å². The van der Waals surface area contributed by atoms with Crippen LogP contribution >= 0.6 is 22.7 Å². The number of aryl methyl sites for hydroxylation is 1. The van der Waals surface area contributed by atoms with Gasteiger partial charge in [-0.05, 0) is 37.3 Å². The molecule has 0 aromatic carbocycles. The molecule has 31 heavy (non-hydrogen) atoms. The molecule has 5 rings (SSSR count). The van der Waals surface area contributed by atoms with E-state index in [0.29, 0.717) is 31.2 Å². The van der Waals surface area contributed by atoms with Crippen molar-refractivity contribution in [1.29, 1.82) is 0 Å². The molecule has 1 fully saturated rings. The van der Waals surface area contributed by atoms with E-state index in [4.69, 9.17) is 9.97 Å². The number of nitrogens with one attached hydrogen (secondary N) is 2. The molecule has 3 atom stereocenters. The number of thiazole rings is 1. The Bertz CT molecular complexity index is 1160. The minimum Gasteiger partial charge on any atom is -0.390 e. The van der Waals surface area contributed by atoms with Crippen molar-refractivity contribution < 1.29 is 10.2 Å². The van der Waals surface area contributed by atoms with Crippen LogP contribution in [0.25, 0.3) is 20.8 Å². The van der Waals surface area contributed by atoms with Crippen molar-refractivity contribution in [3.63, 3.8) is 0 Å². The Morgan fingerprint density at radius 3 is 2.81 bits per heavy atom. The number of hydrogen-bond acceptors (Lipinski definition) is 10. The van der Waals surface area contributed by atoms with Crippen LogP contribution in [0.1, 0.15) is 23.4 Å². The van der Waals surface area contributed by atoms with Crippen LogP contribution in [0.4, 0.5) is 11.8 Å². The number of thiophene rings is 1. The molecule has 0 bridgehead atoms. The maximum absolute atomic E-state index is 10.4. The van der Waals surface area contributed by atoms with E-state index in [0.717, 1.165) is 26.5 Å². The number of nitrogens with zero attached hydrogens (tertiary/aromatic N) is 4. The molecule has 10 heteroatoms. The average molecular weight is 455 g/mol. The number of anilines is 2. The number of pyridine rings is 1. The second-order valence-corrected chi connectivity index (χ2v) is 9.60. The normalized spacial score (nSPS) is 20.9. The van der Waals surface area contributed by atoms with E-state index in [1.807, 2.05) is 24.4 Å². The molecule has 0 spiro atoms. The van der Waals surface area contributed by atoms with Crippen molar-refractivity contribution in [2.75, 3.05) is 10.6 Å². The second-order valence-electron chi connectivity index (χ2n) is 7.54. The molecule has 4 N–H and O–H groups in total. The van der Waals surface area contributed by atoms with Crippen LogP contribution in [0.15, 0.2) is 36.0 Å². The van der Waals surface area contributed by atoms with Crippen molar-refractivity contribution in [2.45, 2.75) is 44.6 Å². The topological polar surface area (TPSA) is 116 Å². The zero-order valence-corrected chi connectivity index (χ0v) is 18.5. The first-order chi connectivity index (χ1) is 15.1. The molecule has 1 saturated carbocycles. The summed E-state index contributed by atoms with van der Waals surface area (Å²) in [7, 11) is 0. The van der Waals surface area contributed by atoms with E-state index in [9.17, 15) is 10.2 Å². The molecular weight excluding hydrogens is 432 g/mol. The van der Waals surface area contributed by atoms with Gasteiger partial charge in [-0.3, -0.25) is 4.98 Å². The Balaban J connectivity index is 1.53. The predicted octanol–water partition coefficient (Wildman–Crippen LogP) is 3.43. The van der Waals surface area contributed by atoms with Crippen molar-refractivity contribution in [3.05, 3.63) is 46.5 Å². The van der Waals surface area contributed by atoms with E-state index in [1.54, 1.807) is 35.1 Å². The SMILES string of the molecule is Cc1nc(NCc2cccs2)nc(N[C@@H]2CC[C@@H](O)[C@H]2O)c1-c1nc2cnccc2s1. The molecule has 4 aromatic rings.